The molecule has 5 heteroatoms. The highest BCUT2D eigenvalue weighted by Crippen LogP contribution is 2.07. The number of carbonyl (C=O) groups is 1. The summed E-state index contributed by atoms with van der Waals surface area (Å²) in [6, 6.07) is 0. The standard InChI is InChI=1S/C12H25NO4/c1-12(2,13)6-5-11(14)17-10-9-16-8-4-7-15-3/h4-10,13H2,1-3H3. The normalized spacial score (nSPS) is 11.5. The van der Waals surface area contributed by atoms with Crippen LogP contribution >= 0.6 is 0 Å². The molecule has 0 aromatic carbocycles. The van der Waals surface area contributed by atoms with Gasteiger partial charge in [0.15, 0.2) is 0 Å². The van der Waals surface area contributed by atoms with Gasteiger partial charge in [0.25, 0.3) is 0 Å². The highest BCUT2D eigenvalue weighted by atomic mass is 16.6. The molecule has 0 bridgehead atoms. The monoisotopic (exact) mass is 247 g/mol. The number of carbonyl (C=O) groups excluding carboxylic acids is 1. The molecular formula is C12H25NO4. The van der Waals surface area contributed by atoms with Crippen LogP contribution in [0.1, 0.15) is 33.1 Å². The highest BCUT2D eigenvalue weighted by Gasteiger charge is 2.13. The van der Waals surface area contributed by atoms with Crippen molar-refractivity contribution < 1.29 is 19.0 Å². The van der Waals surface area contributed by atoms with Crippen LogP contribution in [0.5, 0.6) is 0 Å². The minimum absolute atomic E-state index is 0.219. The average molecular weight is 247 g/mol. The summed E-state index contributed by atoms with van der Waals surface area (Å²) < 4.78 is 15.1. The summed E-state index contributed by atoms with van der Waals surface area (Å²) >= 11 is 0. The molecular weight excluding hydrogens is 222 g/mol. The summed E-state index contributed by atoms with van der Waals surface area (Å²) in [5.41, 5.74) is 5.44. The second-order valence-electron chi connectivity index (χ2n) is 4.67. The van der Waals surface area contributed by atoms with E-state index in [4.69, 9.17) is 19.9 Å². The number of nitrogens with two attached hydrogens (primary N) is 1. The molecule has 0 saturated heterocycles. The van der Waals surface area contributed by atoms with Crippen LogP contribution in [0.15, 0.2) is 0 Å². The van der Waals surface area contributed by atoms with Crippen LogP contribution in [0.2, 0.25) is 0 Å². The second-order valence-corrected chi connectivity index (χ2v) is 4.67. The van der Waals surface area contributed by atoms with E-state index in [1.165, 1.54) is 0 Å². The molecule has 0 amide bonds. The first-order chi connectivity index (χ1) is 7.95. The summed E-state index contributed by atoms with van der Waals surface area (Å²) in [4.78, 5) is 11.3. The zero-order valence-corrected chi connectivity index (χ0v) is 11.2. The Kier molecular flexibility index (Phi) is 9.03. The topological polar surface area (TPSA) is 70.8 Å². The van der Waals surface area contributed by atoms with Crippen LogP contribution in [0.25, 0.3) is 0 Å². The summed E-state index contributed by atoms with van der Waals surface area (Å²) in [6.45, 7) is 5.82. The van der Waals surface area contributed by atoms with Crippen molar-refractivity contribution in [1.29, 1.82) is 0 Å². The van der Waals surface area contributed by atoms with Crippen LogP contribution < -0.4 is 5.73 Å². The zero-order valence-electron chi connectivity index (χ0n) is 11.2. The van der Waals surface area contributed by atoms with Crippen molar-refractivity contribution in [1.82, 2.24) is 0 Å². The Morgan fingerprint density at radius 2 is 1.88 bits per heavy atom. The molecule has 0 atom stereocenters. The number of ether oxygens (including phenoxy) is 3. The van der Waals surface area contributed by atoms with E-state index >= 15 is 0 Å². The van der Waals surface area contributed by atoms with Gasteiger partial charge in [-0.1, -0.05) is 0 Å². The number of hydrogen-bond acceptors (Lipinski definition) is 5. The van der Waals surface area contributed by atoms with E-state index in [1.807, 2.05) is 13.8 Å². The van der Waals surface area contributed by atoms with Crippen molar-refractivity contribution in [3.05, 3.63) is 0 Å². The van der Waals surface area contributed by atoms with E-state index in [2.05, 4.69) is 0 Å². The third-order valence-electron chi connectivity index (χ3n) is 2.10. The summed E-state index contributed by atoms with van der Waals surface area (Å²) in [6.07, 6.45) is 1.83. The molecule has 0 aromatic rings. The number of rotatable bonds is 10. The first-order valence-electron chi connectivity index (χ1n) is 5.97. The molecule has 2 N–H and O–H groups in total. The molecule has 0 aliphatic rings. The first-order valence-corrected chi connectivity index (χ1v) is 5.97. The molecule has 0 aromatic heterocycles. The van der Waals surface area contributed by atoms with Gasteiger partial charge in [0.1, 0.15) is 6.61 Å². The van der Waals surface area contributed by atoms with Crippen LogP contribution in [-0.4, -0.2) is 45.0 Å². The predicted molar refractivity (Wildman–Crippen MR) is 65.8 cm³/mol. The maximum atomic E-state index is 11.3. The molecule has 0 unspecified atom stereocenters. The maximum absolute atomic E-state index is 11.3. The van der Waals surface area contributed by atoms with Crippen molar-refractivity contribution >= 4 is 5.97 Å². The fraction of sp³-hybridized carbons (Fsp3) is 0.917. The van der Waals surface area contributed by atoms with Gasteiger partial charge in [0.05, 0.1) is 6.61 Å². The smallest absolute Gasteiger partial charge is 0.305 e. The van der Waals surface area contributed by atoms with E-state index in [0.29, 0.717) is 39.3 Å². The minimum atomic E-state index is -0.324. The fourth-order valence-electron chi connectivity index (χ4n) is 1.12. The van der Waals surface area contributed by atoms with Crippen LogP contribution in [0.3, 0.4) is 0 Å². The Morgan fingerprint density at radius 3 is 2.47 bits per heavy atom. The lowest BCUT2D eigenvalue weighted by atomic mass is 10.0. The summed E-state index contributed by atoms with van der Waals surface area (Å²) in [5, 5.41) is 0. The Labute approximate surface area is 104 Å². The molecule has 0 aliphatic carbocycles. The van der Waals surface area contributed by atoms with E-state index in [9.17, 15) is 4.79 Å². The van der Waals surface area contributed by atoms with Gasteiger partial charge < -0.3 is 19.9 Å². The van der Waals surface area contributed by atoms with Crippen LogP contribution in [0, 0.1) is 0 Å². The lowest BCUT2D eigenvalue weighted by molar-refractivity contribution is -0.145. The Morgan fingerprint density at radius 1 is 1.18 bits per heavy atom. The summed E-state index contributed by atoms with van der Waals surface area (Å²) in [5.74, 6) is -0.219. The lowest BCUT2D eigenvalue weighted by Crippen LogP contribution is -2.32. The van der Waals surface area contributed by atoms with Gasteiger partial charge in [-0.05, 0) is 26.7 Å². The predicted octanol–water partition coefficient (Wildman–Crippen LogP) is 1.10. The molecule has 0 spiro atoms. The SMILES string of the molecule is COCCCOCCOC(=O)CCC(C)(C)N. The molecule has 102 valence electrons. The van der Waals surface area contributed by atoms with Crippen molar-refractivity contribution in [3.63, 3.8) is 0 Å². The van der Waals surface area contributed by atoms with Gasteiger partial charge in [0.2, 0.25) is 0 Å². The van der Waals surface area contributed by atoms with Crippen LogP contribution in [-0.2, 0) is 19.0 Å². The van der Waals surface area contributed by atoms with Crippen LogP contribution in [0.4, 0.5) is 0 Å². The Balaban J connectivity index is 3.28. The largest absolute Gasteiger partial charge is 0.463 e. The summed E-state index contributed by atoms with van der Waals surface area (Å²) in [7, 11) is 1.65. The van der Waals surface area contributed by atoms with E-state index < -0.39 is 0 Å². The van der Waals surface area contributed by atoms with Crippen molar-refractivity contribution in [2.45, 2.75) is 38.6 Å². The van der Waals surface area contributed by atoms with Crippen molar-refractivity contribution in [3.8, 4) is 0 Å². The number of methoxy groups -OCH3 is 1. The van der Waals surface area contributed by atoms with Gasteiger partial charge in [0, 0.05) is 32.3 Å². The Hall–Kier alpha value is -0.650. The van der Waals surface area contributed by atoms with Gasteiger partial charge in [-0.15, -0.1) is 0 Å². The molecule has 0 saturated carbocycles. The molecule has 0 heterocycles. The molecule has 0 rings (SSSR count). The van der Waals surface area contributed by atoms with Crippen molar-refractivity contribution in [2.75, 3.05) is 33.5 Å². The van der Waals surface area contributed by atoms with Gasteiger partial charge in [-0.3, -0.25) is 4.79 Å². The van der Waals surface area contributed by atoms with Crippen molar-refractivity contribution in [2.24, 2.45) is 5.73 Å². The second kappa shape index (κ2) is 9.39. The quantitative estimate of drug-likeness (QED) is 0.462. The molecule has 0 radical (unpaired) electrons. The maximum Gasteiger partial charge on any atom is 0.305 e. The lowest BCUT2D eigenvalue weighted by Gasteiger charge is -2.17. The minimum Gasteiger partial charge on any atom is -0.463 e. The number of esters is 1. The third-order valence-corrected chi connectivity index (χ3v) is 2.10. The molecule has 5 nitrogen and oxygen atoms in total. The highest BCUT2D eigenvalue weighted by molar-refractivity contribution is 5.69. The first kappa shape index (κ1) is 16.4. The van der Waals surface area contributed by atoms with E-state index in [1.54, 1.807) is 7.11 Å². The average Bonchev–Trinajstić information content (AvgIpc) is 2.24. The molecule has 0 aliphatic heterocycles. The fourth-order valence-corrected chi connectivity index (χ4v) is 1.12. The van der Waals surface area contributed by atoms with E-state index in [-0.39, 0.29) is 11.5 Å². The van der Waals surface area contributed by atoms with Gasteiger partial charge in [-0.25, -0.2) is 0 Å². The van der Waals surface area contributed by atoms with Gasteiger partial charge in [-0.2, -0.15) is 0 Å². The molecule has 0 fully saturated rings. The van der Waals surface area contributed by atoms with E-state index in [0.717, 1.165) is 6.42 Å². The third kappa shape index (κ3) is 13.3. The molecule has 17 heavy (non-hydrogen) atoms. The zero-order chi connectivity index (χ0) is 13.1. The van der Waals surface area contributed by atoms with Gasteiger partial charge >= 0.3 is 5.97 Å². The Bertz CT molecular complexity index is 201. The number of hydrogen-bond donors (Lipinski definition) is 1.